The summed E-state index contributed by atoms with van der Waals surface area (Å²) in [5.74, 6) is 0. The van der Waals surface area contributed by atoms with Crippen LogP contribution in [0, 0.1) is 0 Å². The first-order valence-electron chi connectivity index (χ1n) is 2.82. The molecule has 0 unspecified atom stereocenters. The molecule has 0 bridgehead atoms. The van der Waals surface area contributed by atoms with Crippen LogP contribution in [0.25, 0.3) is 0 Å². The Kier molecular flexibility index (Phi) is 5.97. The lowest BCUT2D eigenvalue weighted by atomic mass is 10.3. The standard InChI is InChI=1S/C5H13N3/c6-3-1-2-4-8-5-7/h5H,1-4,6H2,(H2,7,8). The zero-order valence-corrected chi connectivity index (χ0v) is 5.01. The number of unbranched alkanes of at least 4 members (excludes halogenated alkanes) is 1. The van der Waals surface area contributed by atoms with Gasteiger partial charge in [-0.2, -0.15) is 0 Å². The SMILES string of the molecule is NC=NCCCCN. The van der Waals surface area contributed by atoms with Crippen molar-refractivity contribution in [3.63, 3.8) is 0 Å². The van der Waals surface area contributed by atoms with Crippen molar-refractivity contribution in [3.8, 4) is 0 Å². The highest BCUT2D eigenvalue weighted by Gasteiger charge is 1.79. The molecule has 0 aliphatic rings. The van der Waals surface area contributed by atoms with Gasteiger partial charge in [0.25, 0.3) is 0 Å². The molecule has 48 valence electrons. The summed E-state index contributed by atoms with van der Waals surface area (Å²) in [6.45, 7) is 1.56. The third-order valence-corrected chi connectivity index (χ3v) is 0.847. The Balaban J connectivity index is 2.72. The highest BCUT2D eigenvalue weighted by molar-refractivity contribution is 5.50. The number of hydrogen-bond donors (Lipinski definition) is 2. The Morgan fingerprint density at radius 2 is 2.12 bits per heavy atom. The van der Waals surface area contributed by atoms with Crippen LogP contribution in [0.5, 0.6) is 0 Å². The highest BCUT2D eigenvalue weighted by Crippen LogP contribution is 1.83. The highest BCUT2D eigenvalue weighted by atomic mass is 14.8. The molecule has 3 heteroatoms. The van der Waals surface area contributed by atoms with Crippen molar-refractivity contribution in [1.29, 1.82) is 0 Å². The maximum atomic E-state index is 5.23. The lowest BCUT2D eigenvalue weighted by Crippen LogP contribution is -1.99. The fraction of sp³-hybridized carbons (Fsp3) is 0.800. The molecular formula is C5H13N3. The van der Waals surface area contributed by atoms with Crippen LogP contribution in [0.3, 0.4) is 0 Å². The van der Waals surface area contributed by atoms with Crippen LogP contribution in [-0.2, 0) is 0 Å². The van der Waals surface area contributed by atoms with Gasteiger partial charge in [-0.1, -0.05) is 0 Å². The van der Waals surface area contributed by atoms with Crippen LogP contribution < -0.4 is 11.5 Å². The number of rotatable bonds is 4. The average Bonchev–Trinajstić information content (AvgIpc) is 1.81. The van der Waals surface area contributed by atoms with Gasteiger partial charge in [0.15, 0.2) is 0 Å². The van der Waals surface area contributed by atoms with Crippen molar-refractivity contribution in [3.05, 3.63) is 0 Å². The van der Waals surface area contributed by atoms with Gasteiger partial charge in [0.2, 0.25) is 0 Å². The smallest absolute Gasteiger partial charge is 0.0797 e. The summed E-state index contributed by atoms with van der Waals surface area (Å²) < 4.78 is 0. The van der Waals surface area contributed by atoms with Crippen LogP contribution in [0.2, 0.25) is 0 Å². The Hall–Kier alpha value is -0.570. The van der Waals surface area contributed by atoms with E-state index in [1.54, 1.807) is 0 Å². The fourth-order valence-electron chi connectivity index (χ4n) is 0.422. The lowest BCUT2D eigenvalue weighted by Gasteiger charge is -1.89. The fourth-order valence-corrected chi connectivity index (χ4v) is 0.422. The van der Waals surface area contributed by atoms with Gasteiger partial charge in [-0.25, -0.2) is 0 Å². The van der Waals surface area contributed by atoms with Gasteiger partial charge in [0, 0.05) is 6.54 Å². The second kappa shape index (κ2) is 6.43. The number of nitrogens with two attached hydrogens (primary N) is 2. The van der Waals surface area contributed by atoms with E-state index in [4.69, 9.17) is 11.5 Å². The Morgan fingerprint density at radius 3 is 2.62 bits per heavy atom. The monoisotopic (exact) mass is 115 g/mol. The van der Waals surface area contributed by atoms with Gasteiger partial charge in [-0.3, -0.25) is 4.99 Å². The predicted octanol–water partition coefficient (Wildman–Crippen LogP) is -0.288. The molecule has 0 amide bonds. The molecule has 0 fully saturated rings. The minimum Gasteiger partial charge on any atom is -0.390 e. The van der Waals surface area contributed by atoms with Gasteiger partial charge in [0.1, 0.15) is 0 Å². The van der Waals surface area contributed by atoms with Gasteiger partial charge < -0.3 is 11.5 Å². The average molecular weight is 115 g/mol. The first kappa shape index (κ1) is 7.43. The first-order chi connectivity index (χ1) is 3.91. The van der Waals surface area contributed by atoms with E-state index in [-0.39, 0.29) is 0 Å². The molecule has 0 aromatic heterocycles. The summed E-state index contributed by atoms with van der Waals surface area (Å²) in [5, 5.41) is 0. The minimum atomic E-state index is 0.750. The van der Waals surface area contributed by atoms with Crippen molar-refractivity contribution in [2.75, 3.05) is 13.1 Å². The molecule has 0 rings (SSSR count). The summed E-state index contributed by atoms with van der Waals surface area (Å²) in [4.78, 5) is 3.81. The molecule has 0 aromatic carbocycles. The zero-order chi connectivity index (χ0) is 6.24. The predicted molar refractivity (Wildman–Crippen MR) is 35.8 cm³/mol. The van der Waals surface area contributed by atoms with E-state index in [2.05, 4.69) is 4.99 Å². The van der Waals surface area contributed by atoms with Crippen LogP contribution in [0.15, 0.2) is 4.99 Å². The molecule has 0 aliphatic heterocycles. The van der Waals surface area contributed by atoms with Gasteiger partial charge >= 0.3 is 0 Å². The van der Waals surface area contributed by atoms with Gasteiger partial charge in [-0.15, -0.1) is 0 Å². The molecule has 0 aromatic rings. The molecule has 4 N–H and O–H groups in total. The molecule has 0 spiro atoms. The van der Waals surface area contributed by atoms with Crippen molar-refractivity contribution < 1.29 is 0 Å². The van der Waals surface area contributed by atoms with E-state index in [1.807, 2.05) is 0 Å². The Morgan fingerprint density at radius 1 is 1.38 bits per heavy atom. The molecule has 0 radical (unpaired) electrons. The van der Waals surface area contributed by atoms with E-state index >= 15 is 0 Å². The molecule has 0 aliphatic carbocycles. The topological polar surface area (TPSA) is 64.4 Å². The lowest BCUT2D eigenvalue weighted by molar-refractivity contribution is 0.757. The van der Waals surface area contributed by atoms with E-state index in [9.17, 15) is 0 Å². The molecule has 8 heavy (non-hydrogen) atoms. The summed E-state index contributed by atoms with van der Waals surface area (Å²) in [5.41, 5.74) is 10.2. The normalized spacial score (nSPS) is 10.6. The molecule has 0 saturated heterocycles. The number of nitrogens with zero attached hydrogens (tertiary/aromatic N) is 1. The van der Waals surface area contributed by atoms with Crippen LogP contribution >= 0.6 is 0 Å². The molecule has 0 atom stereocenters. The van der Waals surface area contributed by atoms with Crippen LogP contribution in [-0.4, -0.2) is 19.4 Å². The van der Waals surface area contributed by atoms with Crippen molar-refractivity contribution in [1.82, 2.24) is 0 Å². The van der Waals surface area contributed by atoms with E-state index in [0.717, 1.165) is 25.9 Å². The van der Waals surface area contributed by atoms with Gasteiger partial charge in [-0.05, 0) is 19.4 Å². The number of hydrogen-bond acceptors (Lipinski definition) is 2. The molecule has 0 heterocycles. The minimum absolute atomic E-state index is 0.750. The second-order valence-electron chi connectivity index (χ2n) is 1.55. The maximum absolute atomic E-state index is 5.23. The van der Waals surface area contributed by atoms with Crippen LogP contribution in [0.4, 0.5) is 0 Å². The summed E-state index contributed by atoms with van der Waals surface area (Å²) in [6.07, 6.45) is 3.41. The summed E-state index contributed by atoms with van der Waals surface area (Å²) in [7, 11) is 0. The second-order valence-corrected chi connectivity index (χ2v) is 1.55. The zero-order valence-electron chi connectivity index (χ0n) is 5.01. The van der Waals surface area contributed by atoms with Crippen LogP contribution in [0.1, 0.15) is 12.8 Å². The quantitative estimate of drug-likeness (QED) is 0.300. The largest absolute Gasteiger partial charge is 0.390 e. The van der Waals surface area contributed by atoms with Crippen molar-refractivity contribution >= 4 is 6.34 Å². The van der Waals surface area contributed by atoms with Gasteiger partial charge in [0.05, 0.1) is 6.34 Å². The maximum Gasteiger partial charge on any atom is 0.0797 e. The number of aliphatic imine (C=N–C) groups is 1. The van der Waals surface area contributed by atoms with Crippen molar-refractivity contribution in [2.24, 2.45) is 16.5 Å². The molecule has 3 nitrogen and oxygen atoms in total. The summed E-state index contributed by atoms with van der Waals surface area (Å²) in [6, 6.07) is 0. The Labute approximate surface area is 49.8 Å². The molecule has 0 saturated carbocycles. The van der Waals surface area contributed by atoms with E-state index in [0.29, 0.717) is 0 Å². The van der Waals surface area contributed by atoms with E-state index < -0.39 is 0 Å². The first-order valence-corrected chi connectivity index (χ1v) is 2.82. The third kappa shape index (κ3) is 5.43. The third-order valence-electron chi connectivity index (χ3n) is 0.847. The Bertz CT molecular complexity index is 60.7. The van der Waals surface area contributed by atoms with E-state index in [1.165, 1.54) is 6.34 Å². The van der Waals surface area contributed by atoms with Crippen molar-refractivity contribution in [2.45, 2.75) is 12.8 Å². The summed E-state index contributed by atoms with van der Waals surface area (Å²) >= 11 is 0. The molecular weight excluding hydrogens is 102 g/mol.